The number of hydrogen-bond acceptors (Lipinski definition) is 12. The lowest BCUT2D eigenvalue weighted by Crippen LogP contribution is -2.43. The maximum Gasteiger partial charge on any atom is 0.307 e. The molecule has 0 amide bonds. The number of hydrogen-bond donors (Lipinski definition) is 1. The number of carbonyl (C=O) groups excluding carboxylic acids is 5. The minimum atomic E-state index is -0.529. The Morgan fingerprint density at radius 3 is 1.06 bits per heavy atom. The Labute approximate surface area is 389 Å². The van der Waals surface area contributed by atoms with E-state index in [0.29, 0.717) is 51.2 Å². The summed E-state index contributed by atoms with van der Waals surface area (Å²) in [6.07, 6.45) is 31.7. The van der Waals surface area contributed by atoms with Crippen LogP contribution in [0.5, 0.6) is 0 Å². The van der Waals surface area contributed by atoms with Crippen LogP contribution < -0.4 is 0 Å². The van der Waals surface area contributed by atoms with E-state index >= 15 is 0 Å². The number of nitrogens with zero attached hydrogens (tertiary/aromatic N) is 1. The zero-order valence-corrected chi connectivity index (χ0v) is 41.2. The molecule has 0 radical (unpaired) electrons. The van der Waals surface area contributed by atoms with Gasteiger partial charge in [0.25, 0.3) is 0 Å². The zero-order chi connectivity index (χ0) is 46.7. The first kappa shape index (κ1) is 59.3. The van der Waals surface area contributed by atoms with Crippen molar-refractivity contribution in [2.75, 3.05) is 52.7 Å². The molecule has 0 aliphatic heterocycles. The Morgan fingerprint density at radius 1 is 0.422 bits per heavy atom. The van der Waals surface area contributed by atoms with Crippen molar-refractivity contribution in [2.45, 2.75) is 239 Å². The summed E-state index contributed by atoms with van der Waals surface area (Å²) < 4.78 is 28.0. The Kier molecular flexibility index (Phi) is 39.7. The molecule has 1 aliphatic carbocycles. The molecule has 1 atom stereocenters. The van der Waals surface area contributed by atoms with Gasteiger partial charge < -0.3 is 28.8 Å². The number of aliphatic hydroxyl groups is 1. The standard InChI is InChI=1S/C52H95NO11/c1-4-7-10-13-14-15-16-17-18-19-20-23-26-34-50(57)62-42-46(44-64-52(59)36-37-53(38-39-54)47-30-28-31-47)43-63-51(58)35-27-29-45(40-60-48(55)32-24-21-11-8-5-2)41-61-49(56)33-25-22-12-9-6-3/h45-47,54H,4-44H2,1-3H3. The largest absolute Gasteiger partial charge is 0.465 e. The van der Waals surface area contributed by atoms with E-state index in [2.05, 4.69) is 25.7 Å². The Morgan fingerprint density at radius 2 is 0.734 bits per heavy atom. The molecule has 12 heteroatoms. The number of ether oxygens (including phenoxy) is 5. The van der Waals surface area contributed by atoms with Gasteiger partial charge in [0.2, 0.25) is 0 Å². The van der Waals surface area contributed by atoms with E-state index in [0.717, 1.165) is 103 Å². The molecule has 1 N–H and O–H groups in total. The lowest BCUT2D eigenvalue weighted by Gasteiger charge is -2.37. The molecule has 64 heavy (non-hydrogen) atoms. The first-order chi connectivity index (χ1) is 31.2. The van der Waals surface area contributed by atoms with Crippen molar-refractivity contribution in [2.24, 2.45) is 11.8 Å². The molecule has 1 aliphatic rings. The third-order valence-electron chi connectivity index (χ3n) is 12.4. The first-order valence-corrected chi connectivity index (χ1v) is 26.3. The smallest absolute Gasteiger partial charge is 0.307 e. The third-order valence-corrected chi connectivity index (χ3v) is 12.4. The minimum absolute atomic E-state index is 0.0315. The molecule has 0 aromatic carbocycles. The van der Waals surface area contributed by atoms with Gasteiger partial charge in [0.05, 0.1) is 32.2 Å². The summed E-state index contributed by atoms with van der Waals surface area (Å²) >= 11 is 0. The van der Waals surface area contributed by atoms with E-state index in [1.54, 1.807) is 0 Å². The number of unbranched alkanes of at least 4 members (excludes halogenated alkanes) is 20. The molecule has 12 nitrogen and oxygen atoms in total. The summed E-state index contributed by atoms with van der Waals surface area (Å²) in [5.74, 6) is -2.45. The average Bonchev–Trinajstić information content (AvgIpc) is 3.26. The minimum Gasteiger partial charge on any atom is -0.465 e. The zero-order valence-electron chi connectivity index (χ0n) is 41.2. The van der Waals surface area contributed by atoms with E-state index in [-0.39, 0.29) is 76.3 Å². The molecule has 374 valence electrons. The summed E-state index contributed by atoms with van der Waals surface area (Å²) in [5, 5.41) is 9.49. The summed E-state index contributed by atoms with van der Waals surface area (Å²) in [6, 6.07) is 0.386. The number of aliphatic hydroxyl groups excluding tert-OH is 1. The summed E-state index contributed by atoms with van der Waals surface area (Å²) in [7, 11) is 0. The van der Waals surface area contributed by atoms with Gasteiger partial charge >= 0.3 is 29.8 Å². The predicted molar refractivity (Wildman–Crippen MR) is 254 cm³/mol. The lowest BCUT2D eigenvalue weighted by molar-refractivity contribution is -0.155. The van der Waals surface area contributed by atoms with Crippen LogP contribution in [0.15, 0.2) is 0 Å². The van der Waals surface area contributed by atoms with Crippen LogP contribution in [0.1, 0.15) is 233 Å². The van der Waals surface area contributed by atoms with Crippen molar-refractivity contribution in [3.05, 3.63) is 0 Å². The van der Waals surface area contributed by atoms with E-state index in [9.17, 15) is 29.1 Å². The second-order valence-corrected chi connectivity index (χ2v) is 18.5. The fourth-order valence-electron chi connectivity index (χ4n) is 7.93. The van der Waals surface area contributed by atoms with Gasteiger partial charge in [-0.2, -0.15) is 0 Å². The van der Waals surface area contributed by atoms with Gasteiger partial charge in [0.1, 0.15) is 19.8 Å². The van der Waals surface area contributed by atoms with Crippen LogP contribution in [-0.4, -0.2) is 98.6 Å². The number of carbonyl (C=O) groups is 5. The summed E-state index contributed by atoms with van der Waals surface area (Å²) in [6.45, 7) is 7.65. The summed E-state index contributed by atoms with van der Waals surface area (Å²) in [4.78, 5) is 65.6. The summed E-state index contributed by atoms with van der Waals surface area (Å²) in [5.41, 5.74) is 0. The fraction of sp³-hybridized carbons (Fsp3) is 0.904. The van der Waals surface area contributed by atoms with Crippen molar-refractivity contribution in [1.29, 1.82) is 0 Å². The van der Waals surface area contributed by atoms with Crippen molar-refractivity contribution in [1.82, 2.24) is 4.90 Å². The Hall–Kier alpha value is -2.73. The van der Waals surface area contributed by atoms with Crippen LogP contribution >= 0.6 is 0 Å². The fourth-order valence-corrected chi connectivity index (χ4v) is 7.93. The number of esters is 5. The van der Waals surface area contributed by atoms with Crippen LogP contribution in [0, 0.1) is 11.8 Å². The highest BCUT2D eigenvalue weighted by Crippen LogP contribution is 2.25. The SMILES string of the molecule is CCCCCCCCCCCCCCCC(=O)OCC(COC(=O)CCCC(COC(=O)CCCCCCC)COC(=O)CCCCCCC)COC(=O)CCN(CCO)C1CCC1. The Bertz CT molecular complexity index is 1130. The second-order valence-electron chi connectivity index (χ2n) is 18.5. The van der Waals surface area contributed by atoms with Crippen molar-refractivity contribution in [3.63, 3.8) is 0 Å². The van der Waals surface area contributed by atoms with Crippen molar-refractivity contribution in [3.8, 4) is 0 Å². The maximum absolute atomic E-state index is 13.0. The van der Waals surface area contributed by atoms with Gasteiger partial charge in [-0.25, -0.2) is 0 Å². The van der Waals surface area contributed by atoms with E-state index < -0.39 is 17.9 Å². The van der Waals surface area contributed by atoms with Crippen LogP contribution in [0.3, 0.4) is 0 Å². The highest BCUT2D eigenvalue weighted by atomic mass is 16.6. The van der Waals surface area contributed by atoms with Gasteiger partial charge in [0, 0.05) is 50.7 Å². The molecule has 0 bridgehead atoms. The van der Waals surface area contributed by atoms with Crippen LogP contribution in [0.4, 0.5) is 0 Å². The van der Waals surface area contributed by atoms with Gasteiger partial charge in [-0.15, -0.1) is 0 Å². The van der Waals surface area contributed by atoms with E-state index in [1.807, 2.05) is 0 Å². The van der Waals surface area contributed by atoms with Crippen LogP contribution in [0.25, 0.3) is 0 Å². The molecule has 1 saturated carbocycles. The molecule has 0 spiro atoms. The molecule has 1 fully saturated rings. The van der Waals surface area contributed by atoms with Crippen molar-refractivity contribution < 1.29 is 52.8 Å². The topological polar surface area (TPSA) is 155 Å². The Balaban J connectivity index is 2.62. The highest BCUT2D eigenvalue weighted by Gasteiger charge is 2.25. The third kappa shape index (κ3) is 35.5. The van der Waals surface area contributed by atoms with Gasteiger partial charge in [-0.1, -0.05) is 156 Å². The lowest BCUT2D eigenvalue weighted by atomic mass is 9.91. The number of rotatable bonds is 46. The predicted octanol–water partition coefficient (Wildman–Crippen LogP) is 11.5. The molecule has 1 rings (SSSR count). The average molecular weight is 910 g/mol. The van der Waals surface area contributed by atoms with Crippen LogP contribution in [0.2, 0.25) is 0 Å². The van der Waals surface area contributed by atoms with Crippen molar-refractivity contribution >= 4 is 29.8 Å². The molecule has 0 heterocycles. The van der Waals surface area contributed by atoms with Crippen LogP contribution in [-0.2, 0) is 47.7 Å². The normalized spacial score (nSPS) is 13.2. The van der Waals surface area contributed by atoms with Gasteiger partial charge in [-0.3, -0.25) is 28.9 Å². The van der Waals surface area contributed by atoms with Gasteiger partial charge in [0.15, 0.2) is 0 Å². The molecule has 0 aromatic heterocycles. The quantitative estimate of drug-likeness (QED) is 0.0351. The molecule has 1 unspecified atom stereocenters. The maximum atomic E-state index is 13.0. The second kappa shape index (κ2) is 42.9. The monoisotopic (exact) mass is 910 g/mol. The molecular formula is C52H95NO11. The molecular weight excluding hydrogens is 815 g/mol. The highest BCUT2D eigenvalue weighted by molar-refractivity contribution is 5.71. The molecule has 0 saturated heterocycles. The first-order valence-electron chi connectivity index (χ1n) is 26.3. The van der Waals surface area contributed by atoms with Gasteiger partial charge in [-0.05, 0) is 44.9 Å². The van der Waals surface area contributed by atoms with E-state index in [1.165, 1.54) is 64.2 Å². The molecule has 0 aromatic rings. The van der Waals surface area contributed by atoms with E-state index in [4.69, 9.17) is 23.7 Å².